The summed E-state index contributed by atoms with van der Waals surface area (Å²) in [5.41, 5.74) is 0.830. The lowest BCUT2D eigenvalue weighted by molar-refractivity contribution is -0.274. The predicted octanol–water partition coefficient (Wildman–Crippen LogP) is 3.86. The molecule has 2 saturated heterocycles. The van der Waals surface area contributed by atoms with Gasteiger partial charge in [-0.05, 0) is 25.0 Å². The molecule has 4 heterocycles. The smallest absolute Gasteiger partial charge is 0.465 e. The van der Waals surface area contributed by atoms with E-state index in [9.17, 15) is 37.0 Å². The molecule has 0 saturated carbocycles. The highest BCUT2D eigenvalue weighted by molar-refractivity contribution is 8.23. The Kier molecular flexibility index (Phi) is 6.50. The van der Waals surface area contributed by atoms with Crippen LogP contribution in [-0.4, -0.2) is 91.5 Å². The van der Waals surface area contributed by atoms with Crippen LogP contribution in [0.3, 0.4) is 0 Å². The molecule has 1 atom stereocenters. The number of carboxylic acid groups (broad SMARTS) is 1. The fourth-order valence-electron chi connectivity index (χ4n) is 5.02. The monoisotopic (exact) mass is 546 g/mol. The number of hydrogen-bond acceptors (Lipinski definition) is 7. The molecule has 3 N–H and O–H groups in total. The highest BCUT2D eigenvalue weighted by Gasteiger charge is 2.40. The molecule has 2 fully saturated rings. The molecule has 15 heteroatoms. The van der Waals surface area contributed by atoms with Gasteiger partial charge >= 0.3 is 12.5 Å². The number of aromatic nitrogens is 2. The van der Waals surface area contributed by atoms with Gasteiger partial charge in [-0.2, -0.15) is 15.7 Å². The number of fused-ring (bicyclic) bond motifs is 3. The lowest BCUT2D eigenvalue weighted by Gasteiger charge is -2.39. The normalized spacial score (nSPS) is 22.1. The summed E-state index contributed by atoms with van der Waals surface area (Å²) in [5.74, 6) is -1.47. The van der Waals surface area contributed by atoms with Gasteiger partial charge < -0.3 is 24.4 Å². The molecule has 2 amide bonds. The van der Waals surface area contributed by atoms with Crippen LogP contribution in [0.4, 0.5) is 18.0 Å². The van der Waals surface area contributed by atoms with E-state index in [1.165, 1.54) is 15.6 Å². The Morgan fingerprint density at radius 2 is 1.86 bits per heavy atom. The van der Waals surface area contributed by atoms with Crippen LogP contribution in [0.15, 0.2) is 23.1 Å². The molecular formula is C22H25F3N4O7S. The first-order chi connectivity index (χ1) is 17.4. The second-order valence-corrected chi connectivity index (χ2v) is 11.1. The largest absolute Gasteiger partial charge is 0.573 e. The van der Waals surface area contributed by atoms with Gasteiger partial charge in [0, 0.05) is 43.4 Å². The zero-order valence-corrected chi connectivity index (χ0v) is 20.3. The SMILES string of the molecule is O=C(O)N1CCCC(n2nc(C(=O)N3CCOCC3)c3c2-c2ccc(OC(F)(F)F)cc2S(O)(O)C3)C1. The molecule has 0 aliphatic carbocycles. The number of carbonyl (C=O) groups excluding carboxylic acids is 1. The number of halogens is 3. The van der Waals surface area contributed by atoms with Crippen LogP contribution >= 0.6 is 10.6 Å². The maximum atomic E-state index is 13.5. The fraction of sp³-hybridized carbons (Fsp3) is 0.500. The number of alkyl halides is 3. The van der Waals surface area contributed by atoms with Gasteiger partial charge in [0.05, 0.1) is 35.6 Å². The van der Waals surface area contributed by atoms with Gasteiger partial charge in [0.15, 0.2) is 5.69 Å². The number of morpholine rings is 1. The van der Waals surface area contributed by atoms with Crippen molar-refractivity contribution in [3.63, 3.8) is 0 Å². The predicted molar refractivity (Wildman–Crippen MR) is 124 cm³/mol. The molecule has 0 spiro atoms. The quantitative estimate of drug-likeness (QED) is 0.528. The minimum Gasteiger partial charge on any atom is -0.465 e. The lowest BCUT2D eigenvalue weighted by atomic mass is 10.0. The molecule has 1 unspecified atom stereocenters. The summed E-state index contributed by atoms with van der Waals surface area (Å²) in [6, 6.07) is 2.81. The van der Waals surface area contributed by atoms with Crippen molar-refractivity contribution in [1.82, 2.24) is 19.6 Å². The van der Waals surface area contributed by atoms with E-state index in [-0.39, 0.29) is 28.3 Å². The van der Waals surface area contributed by atoms with Gasteiger partial charge in [-0.3, -0.25) is 18.6 Å². The summed E-state index contributed by atoms with van der Waals surface area (Å²) in [6.07, 6.45) is -4.99. The summed E-state index contributed by atoms with van der Waals surface area (Å²) in [5, 5.41) is 14.1. The summed E-state index contributed by atoms with van der Waals surface area (Å²) in [4.78, 5) is 27.7. The number of carbonyl (C=O) groups is 2. The van der Waals surface area contributed by atoms with E-state index in [4.69, 9.17) is 4.74 Å². The van der Waals surface area contributed by atoms with Crippen LogP contribution in [0, 0.1) is 0 Å². The van der Waals surface area contributed by atoms with Gasteiger partial charge in [-0.1, -0.05) is 0 Å². The number of rotatable bonds is 3. The second kappa shape index (κ2) is 9.38. The van der Waals surface area contributed by atoms with Gasteiger partial charge in [0.1, 0.15) is 5.75 Å². The molecule has 1 aromatic heterocycles. The molecule has 2 aromatic rings. The molecule has 37 heavy (non-hydrogen) atoms. The van der Waals surface area contributed by atoms with Crippen molar-refractivity contribution in [1.29, 1.82) is 0 Å². The fourth-order valence-corrected chi connectivity index (χ4v) is 6.67. The van der Waals surface area contributed by atoms with Crippen molar-refractivity contribution in [2.75, 3.05) is 39.4 Å². The third-order valence-corrected chi connectivity index (χ3v) is 8.40. The van der Waals surface area contributed by atoms with E-state index in [2.05, 4.69) is 9.84 Å². The van der Waals surface area contributed by atoms with E-state index in [1.54, 1.807) is 4.90 Å². The summed E-state index contributed by atoms with van der Waals surface area (Å²) in [6.45, 7) is 1.75. The lowest BCUT2D eigenvalue weighted by Crippen LogP contribution is -2.41. The van der Waals surface area contributed by atoms with Crippen LogP contribution in [0.5, 0.6) is 5.75 Å². The first-order valence-electron chi connectivity index (χ1n) is 11.6. The number of ether oxygens (including phenoxy) is 2. The number of amides is 2. The van der Waals surface area contributed by atoms with E-state index < -0.39 is 46.5 Å². The van der Waals surface area contributed by atoms with E-state index in [0.29, 0.717) is 51.4 Å². The van der Waals surface area contributed by atoms with Crippen molar-refractivity contribution in [2.45, 2.75) is 35.9 Å². The maximum absolute atomic E-state index is 13.5. The third kappa shape index (κ3) is 4.95. The molecule has 3 aliphatic rings. The summed E-state index contributed by atoms with van der Waals surface area (Å²) < 4.78 is 71.3. The van der Waals surface area contributed by atoms with Crippen molar-refractivity contribution >= 4 is 22.6 Å². The number of piperidine rings is 1. The number of nitrogens with zero attached hydrogens (tertiary/aromatic N) is 4. The third-order valence-electron chi connectivity index (χ3n) is 6.66. The second-order valence-electron chi connectivity index (χ2n) is 9.07. The maximum Gasteiger partial charge on any atom is 0.573 e. The Hall–Kier alpha value is -3.01. The van der Waals surface area contributed by atoms with Crippen molar-refractivity contribution in [2.24, 2.45) is 0 Å². The first kappa shape index (κ1) is 25.6. The van der Waals surface area contributed by atoms with Gasteiger partial charge in [0.2, 0.25) is 0 Å². The standard InChI is InChI=1S/C22H25F3N4O7S/c23-22(24,25)36-14-3-4-15-17(10-14)37(33,34)12-16-18(20(30)27-6-8-35-9-7-27)26-29(19(15)16)13-2-1-5-28(11-13)21(31)32/h3-4,10,13,33-34H,1-2,5-9,11-12H2,(H,31,32). The van der Waals surface area contributed by atoms with E-state index in [0.717, 1.165) is 12.1 Å². The molecular weight excluding hydrogens is 521 g/mol. The molecule has 3 aliphatic heterocycles. The van der Waals surface area contributed by atoms with E-state index in [1.807, 2.05) is 0 Å². The number of hydrogen-bond donors (Lipinski definition) is 3. The zero-order valence-electron chi connectivity index (χ0n) is 19.5. The number of benzene rings is 1. The first-order valence-corrected chi connectivity index (χ1v) is 13.3. The summed E-state index contributed by atoms with van der Waals surface area (Å²) >= 11 is 0. The molecule has 11 nitrogen and oxygen atoms in total. The van der Waals surface area contributed by atoms with Crippen LogP contribution in [0.25, 0.3) is 11.3 Å². The Morgan fingerprint density at radius 1 is 1.14 bits per heavy atom. The van der Waals surface area contributed by atoms with Crippen LogP contribution in [0.2, 0.25) is 0 Å². The topological polar surface area (TPSA) is 138 Å². The molecule has 0 bridgehead atoms. The number of likely N-dealkylation sites (tertiary alicyclic amines) is 1. The van der Waals surface area contributed by atoms with Gasteiger partial charge in [0.25, 0.3) is 5.91 Å². The van der Waals surface area contributed by atoms with Crippen LogP contribution in [0.1, 0.15) is 34.9 Å². The minimum atomic E-state index is -4.97. The van der Waals surface area contributed by atoms with Crippen LogP contribution < -0.4 is 4.74 Å². The van der Waals surface area contributed by atoms with Crippen molar-refractivity contribution in [3.05, 3.63) is 29.5 Å². The molecule has 5 rings (SSSR count). The average Bonchev–Trinajstić information content (AvgIpc) is 3.22. The van der Waals surface area contributed by atoms with Crippen LogP contribution in [-0.2, 0) is 10.5 Å². The highest BCUT2D eigenvalue weighted by atomic mass is 32.3. The zero-order chi connectivity index (χ0) is 26.5. The Bertz CT molecular complexity index is 1230. The highest BCUT2D eigenvalue weighted by Crippen LogP contribution is 2.61. The van der Waals surface area contributed by atoms with Gasteiger partial charge in [-0.15, -0.1) is 13.2 Å². The van der Waals surface area contributed by atoms with Gasteiger partial charge in [-0.25, -0.2) is 4.79 Å². The van der Waals surface area contributed by atoms with Crippen molar-refractivity contribution in [3.8, 4) is 17.0 Å². The molecule has 0 radical (unpaired) electrons. The summed E-state index contributed by atoms with van der Waals surface area (Å²) in [7, 11) is -3.66. The Balaban J connectivity index is 1.64. The Labute approximate surface area is 210 Å². The molecule has 1 aromatic carbocycles. The van der Waals surface area contributed by atoms with E-state index >= 15 is 0 Å². The molecule has 202 valence electrons. The minimum absolute atomic E-state index is 0.00518. The average molecular weight is 547 g/mol. The van der Waals surface area contributed by atoms with Crippen molar-refractivity contribution < 1.29 is 46.4 Å². The Morgan fingerprint density at radius 3 is 2.54 bits per heavy atom.